The average molecular weight is 498 g/mol. The number of halogens is 1. The van der Waals surface area contributed by atoms with Crippen molar-refractivity contribution in [2.45, 2.75) is 32.2 Å². The highest BCUT2D eigenvalue weighted by molar-refractivity contribution is 6.30. The van der Waals surface area contributed by atoms with Crippen LogP contribution in [0.5, 0.6) is 0 Å². The van der Waals surface area contributed by atoms with Crippen LogP contribution in [0.4, 0.5) is 16.2 Å². The van der Waals surface area contributed by atoms with Crippen molar-refractivity contribution in [3.05, 3.63) is 59.6 Å². The highest BCUT2D eigenvalue weighted by Gasteiger charge is 2.54. The Morgan fingerprint density at radius 2 is 1.63 bits per heavy atom. The van der Waals surface area contributed by atoms with E-state index in [4.69, 9.17) is 11.6 Å². The lowest BCUT2D eigenvalue weighted by atomic mass is 9.85. The van der Waals surface area contributed by atoms with E-state index in [9.17, 15) is 14.4 Å². The number of piperidine rings is 1. The van der Waals surface area contributed by atoms with Gasteiger partial charge in [-0.25, -0.2) is 4.79 Å². The summed E-state index contributed by atoms with van der Waals surface area (Å²) in [6, 6.07) is 16.6. The molecular weight excluding hydrogens is 466 g/mol. The number of benzene rings is 2. The second kappa shape index (κ2) is 10.6. The Kier molecular flexibility index (Phi) is 7.50. The van der Waals surface area contributed by atoms with Gasteiger partial charge in [-0.15, -0.1) is 0 Å². The predicted octanol–water partition coefficient (Wildman–Crippen LogP) is 3.88. The zero-order valence-corrected chi connectivity index (χ0v) is 21.0. The number of hydrogen-bond acceptors (Lipinski definition) is 4. The van der Waals surface area contributed by atoms with Crippen LogP contribution in [0.25, 0.3) is 0 Å². The Bertz CT molecular complexity index is 1050. The summed E-state index contributed by atoms with van der Waals surface area (Å²) < 4.78 is 0. The molecule has 1 spiro atoms. The summed E-state index contributed by atoms with van der Waals surface area (Å²) in [5, 5.41) is 3.51. The molecule has 0 unspecified atom stereocenters. The zero-order valence-electron chi connectivity index (χ0n) is 20.2. The summed E-state index contributed by atoms with van der Waals surface area (Å²) in [6.07, 6.45) is 0.982. The molecule has 2 fully saturated rings. The molecule has 2 heterocycles. The van der Waals surface area contributed by atoms with Crippen molar-refractivity contribution in [3.8, 4) is 0 Å². The zero-order chi connectivity index (χ0) is 25.0. The fourth-order valence-electron chi connectivity index (χ4n) is 4.98. The van der Waals surface area contributed by atoms with Crippen molar-refractivity contribution >= 4 is 40.8 Å². The van der Waals surface area contributed by atoms with Gasteiger partial charge in [0.05, 0.1) is 6.67 Å². The molecule has 9 heteroatoms. The van der Waals surface area contributed by atoms with Crippen LogP contribution in [0.15, 0.2) is 54.6 Å². The number of urea groups is 1. The summed E-state index contributed by atoms with van der Waals surface area (Å²) in [5.74, 6) is -0.0900. The van der Waals surface area contributed by atoms with Gasteiger partial charge in [-0.05, 0) is 63.1 Å². The number of carbonyl (C=O) groups excluding carboxylic acids is 3. The molecular formula is C26H32ClN5O3. The summed E-state index contributed by atoms with van der Waals surface area (Å²) in [5.41, 5.74) is 0.836. The molecule has 2 aromatic carbocycles. The maximum Gasteiger partial charge on any atom is 0.321 e. The molecule has 0 radical (unpaired) electrons. The van der Waals surface area contributed by atoms with Crippen molar-refractivity contribution in [1.29, 1.82) is 0 Å². The van der Waals surface area contributed by atoms with Crippen LogP contribution in [0.2, 0.25) is 5.02 Å². The molecule has 2 aliphatic rings. The van der Waals surface area contributed by atoms with Crippen LogP contribution < -0.4 is 10.2 Å². The molecule has 0 aromatic heterocycles. The Morgan fingerprint density at radius 3 is 2.23 bits per heavy atom. The minimum absolute atomic E-state index is 0.0420. The molecule has 4 rings (SSSR count). The first-order valence-electron chi connectivity index (χ1n) is 12.1. The maximum atomic E-state index is 13.8. The second-order valence-electron chi connectivity index (χ2n) is 8.93. The van der Waals surface area contributed by atoms with E-state index in [1.54, 1.807) is 39.0 Å². The van der Waals surface area contributed by atoms with Crippen molar-refractivity contribution in [2.24, 2.45) is 0 Å². The van der Waals surface area contributed by atoms with E-state index >= 15 is 0 Å². The number of nitrogens with zero attached hydrogens (tertiary/aromatic N) is 4. The first-order chi connectivity index (χ1) is 16.9. The quantitative estimate of drug-likeness (QED) is 0.657. The van der Waals surface area contributed by atoms with E-state index < -0.39 is 5.54 Å². The summed E-state index contributed by atoms with van der Waals surface area (Å²) in [7, 11) is 0. The summed E-state index contributed by atoms with van der Waals surface area (Å²) in [4.78, 5) is 46.7. The number of likely N-dealkylation sites (tertiary alicyclic amines) is 1. The lowest BCUT2D eigenvalue weighted by Gasteiger charge is -2.43. The standard InChI is InChI=1S/C26H32ClN5O3/c1-3-29(4-2)23(33)18-31-19-32(22-8-6-5-7-9-22)26(24(31)34)14-16-30(17-15-26)25(35)28-21-12-10-20(27)11-13-21/h5-13H,3-4,14-19H2,1-2H3,(H,28,35). The normalized spacial score (nSPS) is 17.1. The van der Waals surface area contributed by atoms with E-state index in [-0.39, 0.29) is 24.4 Å². The molecule has 186 valence electrons. The Labute approximate surface area is 211 Å². The van der Waals surface area contributed by atoms with Gasteiger partial charge in [0.1, 0.15) is 12.1 Å². The van der Waals surface area contributed by atoms with Crippen LogP contribution >= 0.6 is 11.6 Å². The number of rotatable bonds is 6. The van der Waals surface area contributed by atoms with E-state index in [0.717, 1.165) is 5.69 Å². The third kappa shape index (κ3) is 5.07. The SMILES string of the molecule is CCN(CC)C(=O)CN1CN(c2ccccc2)C2(CCN(C(=O)Nc3ccc(Cl)cc3)CC2)C1=O. The largest absolute Gasteiger partial charge is 0.342 e. The van der Waals surface area contributed by atoms with E-state index in [1.807, 2.05) is 44.2 Å². The minimum Gasteiger partial charge on any atom is -0.342 e. The van der Waals surface area contributed by atoms with Crippen molar-refractivity contribution in [2.75, 3.05) is 49.6 Å². The fraction of sp³-hybridized carbons (Fsp3) is 0.423. The minimum atomic E-state index is -0.776. The number of para-hydroxylation sites is 1. The Hall–Kier alpha value is -3.26. The van der Waals surface area contributed by atoms with Gasteiger partial charge in [0.25, 0.3) is 5.91 Å². The predicted molar refractivity (Wildman–Crippen MR) is 137 cm³/mol. The van der Waals surface area contributed by atoms with Crippen LogP contribution in [0.3, 0.4) is 0 Å². The van der Waals surface area contributed by atoms with E-state index in [1.165, 1.54) is 0 Å². The van der Waals surface area contributed by atoms with Gasteiger partial charge in [-0.3, -0.25) is 9.59 Å². The maximum absolute atomic E-state index is 13.8. The molecule has 1 N–H and O–H groups in total. The van der Waals surface area contributed by atoms with Gasteiger partial charge in [-0.1, -0.05) is 29.8 Å². The average Bonchev–Trinajstić information content (AvgIpc) is 3.13. The first-order valence-corrected chi connectivity index (χ1v) is 12.5. The number of amides is 4. The van der Waals surface area contributed by atoms with Gasteiger partial charge >= 0.3 is 6.03 Å². The van der Waals surface area contributed by atoms with Gasteiger partial charge in [0, 0.05) is 42.6 Å². The van der Waals surface area contributed by atoms with Crippen LogP contribution in [0, 0.1) is 0 Å². The molecule has 35 heavy (non-hydrogen) atoms. The Balaban J connectivity index is 1.50. The number of nitrogens with one attached hydrogen (secondary N) is 1. The van der Waals surface area contributed by atoms with Crippen LogP contribution in [0.1, 0.15) is 26.7 Å². The van der Waals surface area contributed by atoms with Crippen molar-refractivity contribution < 1.29 is 14.4 Å². The smallest absolute Gasteiger partial charge is 0.321 e. The van der Waals surface area contributed by atoms with Gasteiger partial charge < -0.3 is 24.9 Å². The Morgan fingerprint density at radius 1 is 1.00 bits per heavy atom. The summed E-state index contributed by atoms with van der Waals surface area (Å²) in [6.45, 7) is 6.40. The van der Waals surface area contributed by atoms with Gasteiger partial charge in [0.2, 0.25) is 5.91 Å². The number of likely N-dealkylation sites (N-methyl/N-ethyl adjacent to an activating group) is 1. The van der Waals surface area contributed by atoms with E-state index in [0.29, 0.717) is 56.4 Å². The molecule has 8 nitrogen and oxygen atoms in total. The highest BCUT2D eigenvalue weighted by atomic mass is 35.5. The molecule has 2 aromatic rings. The number of carbonyl (C=O) groups is 3. The monoisotopic (exact) mass is 497 g/mol. The highest BCUT2D eigenvalue weighted by Crippen LogP contribution is 2.39. The lowest BCUT2D eigenvalue weighted by molar-refractivity contribution is -0.140. The molecule has 0 bridgehead atoms. The third-order valence-electron chi connectivity index (χ3n) is 7.00. The second-order valence-corrected chi connectivity index (χ2v) is 9.37. The summed E-state index contributed by atoms with van der Waals surface area (Å²) >= 11 is 5.93. The topological polar surface area (TPSA) is 76.2 Å². The van der Waals surface area contributed by atoms with E-state index in [2.05, 4.69) is 10.2 Å². The molecule has 4 amide bonds. The number of hydrogen-bond donors (Lipinski definition) is 1. The molecule has 0 saturated carbocycles. The lowest BCUT2D eigenvalue weighted by Crippen LogP contribution is -2.58. The van der Waals surface area contributed by atoms with Gasteiger partial charge in [0.15, 0.2) is 0 Å². The fourth-order valence-corrected chi connectivity index (χ4v) is 5.10. The van der Waals surface area contributed by atoms with Crippen molar-refractivity contribution in [3.63, 3.8) is 0 Å². The number of anilines is 2. The van der Waals surface area contributed by atoms with Gasteiger partial charge in [-0.2, -0.15) is 0 Å². The first kappa shape index (κ1) is 24.9. The molecule has 0 atom stereocenters. The van der Waals surface area contributed by atoms with Crippen LogP contribution in [-0.4, -0.2) is 77.5 Å². The molecule has 2 aliphatic heterocycles. The molecule has 2 saturated heterocycles. The molecule has 0 aliphatic carbocycles. The third-order valence-corrected chi connectivity index (χ3v) is 7.25. The van der Waals surface area contributed by atoms with Crippen LogP contribution in [-0.2, 0) is 9.59 Å². The van der Waals surface area contributed by atoms with Crippen molar-refractivity contribution in [1.82, 2.24) is 14.7 Å².